The highest BCUT2D eigenvalue weighted by Gasteiger charge is 2.16. The lowest BCUT2D eigenvalue weighted by molar-refractivity contribution is -0.384. The van der Waals surface area contributed by atoms with E-state index in [1.807, 2.05) is 60.7 Å². The van der Waals surface area contributed by atoms with E-state index in [4.69, 9.17) is 4.74 Å². The summed E-state index contributed by atoms with van der Waals surface area (Å²) in [5, 5.41) is 10.7. The highest BCUT2D eigenvalue weighted by atomic mass is 16.6. The van der Waals surface area contributed by atoms with Crippen LogP contribution in [0.3, 0.4) is 0 Å². The second kappa shape index (κ2) is 13.9. The van der Waals surface area contributed by atoms with Crippen molar-refractivity contribution in [3.05, 3.63) is 147 Å². The van der Waals surface area contributed by atoms with Crippen LogP contribution in [0, 0.1) is 10.1 Å². The Bertz CT molecular complexity index is 1610. The third-order valence-electron chi connectivity index (χ3n) is 5.82. The number of aromatic nitrogens is 4. The lowest BCUT2D eigenvalue weighted by Crippen LogP contribution is -2.16. The molecule has 0 radical (unpaired) electrons. The largest absolute Gasteiger partial charge is 0.444 e. The fourth-order valence-corrected chi connectivity index (χ4v) is 3.80. The molecule has 0 aliphatic heterocycles. The van der Waals surface area contributed by atoms with Gasteiger partial charge in [-0.15, -0.1) is 0 Å². The first-order valence-corrected chi connectivity index (χ1v) is 12.5. The van der Waals surface area contributed by atoms with Crippen LogP contribution >= 0.6 is 0 Å². The van der Waals surface area contributed by atoms with E-state index in [0.717, 1.165) is 24.1 Å². The number of carbonyl (C=O) groups excluding carboxylic acids is 3. The number of nitro benzene ring substituents is 1. The van der Waals surface area contributed by atoms with Crippen molar-refractivity contribution in [2.24, 2.45) is 0 Å². The highest BCUT2D eigenvalue weighted by Crippen LogP contribution is 2.14. The summed E-state index contributed by atoms with van der Waals surface area (Å²) in [5.41, 5.74) is 3.34. The van der Waals surface area contributed by atoms with E-state index < -0.39 is 11.0 Å². The first kappa shape index (κ1) is 28.3. The van der Waals surface area contributed by atoms with E-state index in [1.54, 1.807) is 6.20 Å². The molecule has 0 amide bonds. The number of imidazole rings is 2. The maximum Gasteiger partial charge on any atom is 0.419 e. The Morgan fingerprint density at radius 3 is 2.07 bits per heavy atom. The first-order valence-electron chi connectivity index (χ1n) is 12.5. The molecule has 0 spiro atoms. The topological polar surface area (TPSA) is 150 Å². The summed E-state index contributed by atoms with van der Waals surface area (Å²) < 4.78 is 6.45. The maximum absolute atomic E-state index is 12.4. The number of nitro groups is 1. The van der Waals surface area contributed by atoms with Crippen molar-refractivity contribution in [3.63, 3.8) is 0 Å². The summed E-state index contributed by atoms with van der Waals surface area (Å²) >= 11 is 0. The van der Waals surface area contributed by atoms with Gasteiger partial charge >= 0.3 is 6.09 Å². The normalized spacial score (nSPS) is 10.2. The average molecular weight is 552 g/mol. The van der Waals surface area contributed by atoms with Crippen LogP contribution in [0.5, 0.6) is 0 Å². The molecule has 206 valence electrons. The zero-order valence-corrected chi connectivity index (χ0v) is 21.8. The third-order valence-corrected chi connectivity index (χ3v) is 5.82. The van der Waals surface area contributed by atoms with E-state index in [2.05, 4.69) is 15.0 Å². The number of rotatable bonds is 9. The number of non-ortho nitro benzene ring substituents is 1. The van der Waals surface area contributed by atoms with Crippen molar-refractivity contribution in [3.8, 4) is 0 Å². The average Bonchev–Trinajstić information content (AvgIpc) is 3.64. The summed E-state index contributed by atoms with van der Waals surface area (Å²) in [6.07, 6.45) is 4.61. The Hall–Kier alpha value is -5.71. The van der Waals surface area contributed by atoms with Gasteiger partial charge in [0.05, 0.1) is 16.8 Å². The molecule has 5 aromatic rings. The summed E-state index contributed by atoms with van der Waals surface area (Å²) in [6.45, 7) is -0.0593. The Morgan fingerprint density at radius 1 is 0.878 bits per heavy atom. The number of hydrogen-bond donors (Lipinski definition) is 1. The standard InChI is InChI=1S/C19H15N3O5.C11H10N2O/c23-12-16-11-21(18(20-16)10-14-4-2-1-3-5-14)19(24)27-13-15-6-8-17(9-7-15)22(25)26;14-8-10-7-12-11(13-10)6-9-4-2-1-3-5-9/h1-9,11-12H,10,13H2;1-5,7-8H,6H2,(H,12,13). The van der Waals surface area contributed by atoms with Gasteiger partial charge < -0.3 is 9.72 Å². The molecule has 11 heteroatoms. The van der Waals surface area contributed by atoms with Crippen LogP contribution in [0.2, 0.25) is 0 Å². The minimum Gasteiger partial charge on any atom is -0.444 e. The lowest BCUT2D eigenvalue weighted by Gasteiger charge is -2.08. The number of H-pyrrole nitrogens is 1. The van der Waals surface area contributed by atoms with Crippen molar-refractivity contribution in [2.45, 2.75) is 19.4 Å². The van der Waals surface area contributed by atoms with Gasteiger partial charge in [0.2, 0.25) is 0 Å². The Balaban J connectivity index is 0.000000231. The van der Waals surface area contributed by atoms with Crippen molar-refractivity contribution in [1.82, 2.24) is 19.5 Å². The van der Waals surface area contributed by atoms with Gasteiger partial charge in [-0.2, -0.15) is 0 Å². The van der Waals surface area contributed by atoms with Gasteiger partial charge in [0.1, 0.15) is 23.9 Å². The van der Waals surface area contributed by atoms with Gasteiger partial charge in [-0.1, -0.05) is 60.7 Å². The summed E-state index contributed by atoms with van der Waals surface area (Å²) in [6, 6.07) is 25.1. The van der Waals surface area contributed by atoms with Crippen LogP contribution in [0.4, 0.5) is 10.5 Å². The predicted molar refractivity (Wildman–Crippen MR) is 149 cm³/mol. The molecule has 41 heavy (non-hydrogen) atoms. The Labute approximate surface area is 234 Å². The number of benzene rings is 3. The first-order chi connectivity index (χ1) is 19.9. The van der Waals surface area contributed by atoms with E-state index in [9.17, 15) is 24.5 Å². The third kappa shape index (κ3) is 8.14. The second-order valence-corrected chi connectivity index (χ2v) is 8.78. The Morgan fingerprint density at radius 2 is 1.51 bits per heavy atom. The molecule has 3 aromatic carbocycles. The van der Waals surface area contributed by atoms with Crippen LogP contribution < -0.4 is 0 Å². The quantitative estimate of drug-likeness (QED) is 0.149. The fraction of sp³-hybridized carbons (Fsp3) is 0.100. The van der Waals surface area contributed by atoms with E-state index in [-0.39, 0.29) is 18.0 Å². The summed E-state index contributed by atoms with van der Waals surface area (Å²) in [4.78, 5) is 55.2. The molecule has 0 saturated heterocycles. The fourth-order valence-electron chi connectivity index (χ4n) is 3.80. The van der Waals surface area contributed by atoms with E-state index in [1.165, 1.54) is 40.6 Å². The second-order valence-electron chi connectivity index (χ2n) is 8.78. The van der Waals surface area contributed by atoms with Crippen LogP contribution in [-0.4, -0.2) is 43.1 Å². The molecule has 0 bridgehead atoms. The molecule has 5 rings (SSSR count). The smallest absolute Gasteiger partial charge is 0.419 e. The zero-order chi connectivity index (χ0) is 29.0. The van der Waals surface area contributed by atoms with Crippen LogP contribution in [0.25, 0.3) is 0 Å². The van der Waals surface area contributed by atoms with Gasteiger partial charge in [-0.05, 0) is 28.8 Å². The van der Waals surface area contributed by atoms with E-state index >= 15 is 0 Å². The van der Waals surface area contributed by atoms with Crippen molar-refractivity contribution >= 4 is 24.4 Å². The molecule has 0 aliphatic rings. The van der Waals surface area contributed by atoms with Crippen molar-refractivity contribution in [2.75, 3.05) is 0 Å². The minimum absolute atomic E-state index is 0.0412. The maximum atomic E-state index is 12.4. The number of carbonyl (C=O) groups is 3. The predicted octanol–water partition coefficient (Wildman–Crippen LogP) is 5.19. The van der Waals surface area contributed by atoms with Crippen LogP contribution in [0.15, 0.2) is 97.3 Å². The molecule has 0 saturated carbocycles. The molecular weight excluding hydrogens is 526 g/mol. The number of aldehydes is 2. The van der Waals surface area contributed by atoms with Crippen LogP contribution in [0.1, 0.15) is 49.3 Å². The van der Waals surface area contributed by atoms with Gasteiger partial charge in [-0.3, -0.25) is 19.7 Å². The number of ether oxygens (including phenoxy) is 1. The number of hydrogen-bond acceptors (Lipinski definition) is 8. The Kier molecular flexibility index (Phi) is 9.59. The number of nitrogens with one attached hydrogen (secondary N) is 1. The minimum atomic E-state index is -0.681. The molecule has 2 aromatic heterocycles. The van der Waals surface area contributed by atoms with Gasteiger partial charge in [0.25, 0.3) is 5.69 Å². The summed E-state index contributed by atoms with van der Waals surface area (Å²) in [7, 11) is 0. The van der Waals surface area contributed by atoms with E-state index in [0.29, 0.717) is 29.8 Å². The zero-order valence-electron chi connectivity index (χ0n) is 21.8. The molecule has 0 aliphatic carbocycles. The molecule has 1 N–H and O–H groups in total. The van der Waals surface area contributed by atoms with Crippen LogP contribution in [-0.2, 0) is 24.2 Å². The molecule has 0 unspecified atom stereocenters. The highest BCUT2D eigenvalue weighted by molar-refractivity contribution is 5.77. The number of aromatic amines is 1. The van der Waals surface area contributed by atoms with Crippen molar-refractivity contribution in [1.29, 1.82) is 0 Å². The lowest BCUT2D eigenvalue weighted by atomic mass is 10.1. The van der Waals surface area contributed by atoms with Gasteiger partial charge in [0.15, 0.2) is 12.6 Å². The van der Waals surface area contributed by atoms with Gasteiger partial charge in [0, 0.05) is 31.2 Å². The molecule has 0 fully saturated rings. The number of nitrogens with zero attached hydrogens (tertiary/aromatic N) is 4. The molecule has 0 atom stereocenters. The molecular formula is C30H25N5O6. The monoisotopic (exact) mass is 551 g/mol. The molecule has 2 heterocycles. The molecule has 11 nitrogen and oxygen atoms in total. The SMILES string of the molecule is O=Cc1cn(C(=O)OCc2ccc([N+](=O)[O-])cc2)c(Cc2ccccc2)n1.O=Cc1cnc(Cc2ccccc2)[nH]1. The van der Waals surface area contributed by atoms with Crippen molar-refractivity contribution < 1.29 is 24.0 Å². The summed E-state index contributed by atoms with van der Waals surface area (Å²) in [5.74, 6) is 1.20. The van der Waals surface area contributed by atoms with Gasteiger partial charge in [-0.25, -0.2) is 19.3 Å².